The molecule has 0 saturated carbocycles. The van der Waals surface area contributed by atoms with Gasteiger partial charge in [0.05, 0.1) is 5.56 Å². The highest BCUT2D eigenvalue weighted by Gasteiger charge is 2.16. The van der Waals surface area contributed by atoms with E-state index in [9.17, 15) is 9.90 Å². The topological polar surface area (TPSA) is 68.9 Å². The van der Waals surface area contributed by atoms with Crippen LogP contribution in [0.25, 0.3) is 32.9 Å². The molecule has 2 aromatic carbocycles. The van der Waals surface area contributed by atoms with Crippen LogP contribution in [0.15, 0.2) is 42.6 Å². The van der Waals surface area contributed by atoms with Crippen molar-refractivity contribution in [2.75, 3.05) is 0 Å². The standard InChI is InChI=1S/C19H16N2O2/c1-10-7-14(13-5-6-20-17(13)8-10)18-11(2)21-16-4-3-12(19(22)23)9-15(16)18/h3-9,20-21H,1-2H3,(H,22,23). The molecule has 0 aliphatic carbocycles. The fraction of sp³-hybridized carbons (Fsp3) is 0.105. The molecule has 4 nitrogen and oxygen atoms in total. The molecule has 4 rings (SSSR count). The van der Waals surface area contributed by atoms with Gasteiger partial charge in [-0.1, -0.05) is 6.07 Å². The molecule has 0 bridgehead atoms. The zero-order valence-corrected chi connectivity index (χ0v) is 12.9. The van der Waals surface area contributed by atoms with Gasteiger partial charge in [-0.15, -0.1) is 0 Å². The molecular formula is C19H16N2O2. The molecule has 0 amide bonds. The third-order valence-corrected chi connectivity index (χ3v) is 4.32. The van der Waals surface area contributed by atoms with Crippen LogP contribution in [0, 0.1) is 13.8 Å². The van der Waals surface area contributed by atoms with Crippen LogP contribution in [-0.2, 0) is 0 Å². The summed E-state index contributed by atoms with van der Waals surface area (Å²) in [6.45, 7) is 4.09. The van der Waals surface area contributed by atoms with Crippen LogP contribution < -0.4 is 0 Å². The first-order valence-electron chi connectivity index (χ1n) is 7.48. The van der Waals surface area contributed by atoms with Crippen LogP contribution in [0.4, 0.5) is 0 Å². The Morgan fingerprint density at radius 3 is 2.61 bits per heavy atom. The minimum Gasteiger partial charge on any atom is -0.478 e. The zero-order chi connectivity index (χ0) is 16.1. The molecule has 0 saturated heterocycles. The van der Waals surface area contributed by atoms with Crippen molar-refractivity contribution in [1.82, 2.24) is 9.97 Å². The summed E-state index contributed by atoms with van der Waals surface area (Å²) in [7, 11) is 0. The summed E-state index contributed by atoms with van der Waals surface area (Å²) < 4.78 is 0. The molecule has 2 aromatic heterocycles. The number of aromatic carboxylic acids is 1. The maximum atomic E-state index is 11.3. The highest BCUT2D eigenvalue weighted by atomic mass is 16.4. The number of carboxylic acids is 1. The molecule has 0 spiro atoms. The van der Waals surface area contributed by atoms with E-state index >= 15 is 0 Å². The van der Waals surface area contributed by atoms with Crippen LogP contribution in [0.3, 0.4) is 0 Å². The van der Waals surface area contributed by atoms with Gasteiger partial charge in [0.25, 0.3) is 0 Å². The van der Waals surface area contributed by atoms with E-state index in [0.29, 0.717) is 5.56 Å². The van der Waals surface area contributed by atoms with Crippen LogP contribution in [-0.4, -0.2) is 21.0 Å². The van der Waals surface area contributed by atoms with E-state index in [1.165, 1.54) is 0 Å². The Morgan fingerprint density at radius 2 is 1.83 bits per heavy atom. The highest BCUT2D eigenvalue weighted by Crippen LogP contribution is 2.37. The predicted octanol–water partition coefficient (Wildman–Crippen LogP) is 4.63. The van der Waals surface area contributed by atoms with Gasteiger partial charge in [0.15, 0.2) is 0 Å². The van der Waals surface area contributed by atoms with E-state index in [-0.39, 0.29) is 0 Å². The first-order valence-corrected chi connectivity index (χ1v) is 7.48. The number of hydrogen-bond acceptors (Lipinski definition) is 1. The number of carboxylic acid groups (broad SMARTS) is 1. The second kappa shape index (κ2) is 4.74. The van der Waals surface area contributed by atoms with Gasteiger partial charge in [-0.2, -0.15) is 0 Å². The van der Waals surface area contributed by atoms with E-state index in [4.69, 9.17) is 0 Å². The number of fused-ring (bicyclic) bond motifs is 2. The van der Waals surface area contributed by atoms with Gasteiger partial charge < -0.3 is 15.1 Å². The van der Waals surface area contributed by atoms with Crippen molar-refractivity contribution in [3.8, 4) is 11.1 Å². The SMILES string of the molecule is Cc1cc(-c2c(C)[nH]c3ccc(C(=O)O)cc23)c2cc[nH]c2c1. The van der Waals surface area contributed by atoms with Crippen LogP contribution in [0.5, 0.6) is 0 Å². The lowest BCUT2D eigenvalue weighted by molar-refractivity contribution is 0.0697. The number of benzene rings is 2. The summed E-state index contributed by atoms with van der Waals surface area (Å²) in [6, 6.07) is 11.5. The van der Waals surface area contributed by atoms with Gasteiger partial charge in [-0.05, 0) is 55.3 Å². The number of H-pyrrole nitrogens is 2. The maximum absolute atomic E-state index is 11.3. The number of aromatic nitrogens is 2. The first-order chi connectivity index (χ1) is 11.0. The Bertz CT molecular complexity index is 1070. The van der Waals surface area contributed by atoms with E-state index < -0.39 is 5.97 Å². The molecule has 23 heavy (non-hydrogen) atoms. The van der Waals surface area contributed by atoms with E-state index in [2.05, 4.69) is 35.1 Å². The average Bonchev–Trinajstić information content (AvgIpc) is 3.08. The highest BCUT2D eigenvalue weighted by molar-refractivity contribution is 6.07. The van der Waals surface area contributed by atoms with Gasteiger partial charge in [0.2, 0.25) is 0 Å². The number of aryl methyl sites for hydroxylation is 2. The normalized spacial score (nSPS) is 11.4. The number of nitrogens with one attached hydrogen (secondary N) is 2. The Labute approximate surface area is 132 Å². The quantitative estimate of drug-likeness (QED) is 0.505. The summed E-state index contributed by atoms with van der Waals surface area (Å²) in [5, 5.41) is 11.4. The van der Waals surface area contributed by atoms with Crippen molar-refractivity contribution in [3.05, 3.63) is 59.4 Å². The second-order valence-electron chi connectivity index (χ2n) is 5.94. The lowest BCUT2D eigenvalue weighted by Gasteiger charge is -2.07. The second-order valence-corrected chi connectivity index (χ2v) is 5.94. The zero-order valence-electron chi connectivity index (χ0n) is 12.9. The Hall–Kier alpha value is -3.01. The van der Waals surface area contributed by atoms with Gasteiger partial charge >= 0.3 is 5.97 Å². The summed E-state index contributed by atoms with van der Waals surface area (Å²) in [4.78, 5) is 17.9. The van der Waals surface area contributed by atoms with E-state index in [1.807, 2.05) is 19.2 Å². The number of rotatable bonds is 2. The monoisotopic (exact) mass is 304 g/mol. The van der Waals surface area contributed by atoms with Crippen LogP contribution in [0.2, 0.25) is 0 Å². The molecule has 4 heteroatoms. The first kappa shape index (κ1) is 13.6. The summed E-state index contributed by atoms with van der Waals surface area (Å²) in [5.74, 6) is -0.910. The lowest BCUT2D eigenvalue weighted by Crippen LogP contribution is -1.95. The Morgan fingerprint density at radius 1 is 1.00 bits per heavy atom. The van der Waals surface area contributed by atoms with Gasteiger partial charge in [-0.25, -0.2) is 4.79 Å². The van der Waals surface area contributed by atoms with Gasteiger partial charge in [0.1, 0.15) is 0 Å². The van der Waals surface area contributed by atoms with Crippen molar-refractivity contribution >= 4 is 27.8 Å². The average molecular weight is 304 g/mol. The third-order valence-electron chi connectivity index (χ3n) is 4.32. The molecule has 0 unspecified atom stereocenters. The molecule has 114 valence electrons. The van der Waals surface area contributed by atoms with Crippen molar-refractivity contribution in [2.45, 2.75) is 13.8 Å². The van der Waals surface area contributed by atoms with Crippen molar-refractivity contribution in [3.63, 3.8) is 0 Å². The number of hydrogen-bond donors (Lipinski definition) is 3. The maximum Gasteiger partial charge on any atom is 0.335 e. The minimum atomic E-state index is -0.910. The largest absolute Gasteiger partial charge is 0.478 e. The molecule has 4 aromatic rings. The van der Waals surface area contributed by atoms with Crippen molar-refractivity contribution in [1.29, 1.82) is 0 Å². The number of carbonyl (C=O) groups is 1. The lowest BCUT2D eigenvalue weighted by atomic mass is 9.96. The fourth-order valence-electron chi connectivity index (χ4n) is 3.32. The van der Waals surface area contributed by atoms with Crippen molar-refractivity contribution in [2.24, 2.45) is 0 Å². The predicted molar refractivity (Wildman–Crippen MR) is 92.0 cm³/mol. The molecule has 0 radical (unpaired) electrons. The summed E-state index contributed by atoms with van der Waals surface area (Å²) in [6.07, 6.45) is 1.93. The Balaban J connectivity index is 2.11. The van der Waals surface area contributed by atoms with Crippen LogP contribution in [0.1, 0.15) is 21.6 Å². The minimum absolute atomic E-state index is 0.302. The van der Waals surface area contributed by atoms with Crippen molar-refractivity contribution < 1.29 is 9.90 Å². The van der Waals surface area contributed by atoms with Crippen LogP contribution >= 0.6 is 0 Å². The Kier molecular flexibility index (Phi) is 2.81. The van der Waals surface area contributed by atoms with Gasteiger partial charge in [0, 0.05) is 39.3 Å². The molecule has 3 N–H and O–H groups in total. The number of aromatic amines is 2. The molecular weight excluding hydrogens is 288 g/mol. The molecule has 0 fully saturated rings. The molecule has 0 aliphatic rings. The smallest absolute Gasteiger partial charge is 0.335 e. The summed E-state index contributed by atoms with van der Waals surface area (Å²) in [5.41, 5.74) is 6.73. The fourth-order valence-corrected chi connectivity index (χ4v) is 3.32. The van der Waals surface area contributed by atoms with E-state index in [1.54, 1.807) is 12.1 Å². The molecule has 0 atom stereocenters. The third kappa shape index (κ3) is 2.03. The molecule has 2 heterocycles. The van der Waals surface area contributed by atoms with E-state index in [0.717, 1.165) is 44.2 Å². The summed E-state index contributed by atoms with van der Waals surface area (Å²) >= 11 is 0. The van der Waals surface area contributed by atoms with Gasteiger partial charge in [-0.3, -0.25) is 0 Å². The molecule has 0 aliphatic heterocycles.